The van der Waals surface area contributed by atoms with Crippen LogP contribution in [0, 0.1) is 0 Å². The maximum absolute atomic E-state index is 12.1. The fourth-order valence-electron chi connectivity index (χ4n) is 6.66. The van der Waals surface area contributed by atoms with Crippen LogP contribution in [0.3, 0.4) is 0 Å². The lowest BCUT2D eigenvalue weighted by molar-refractivity contribution is -0.146. The van der Waals surface area contributed by atoms with Crippen molar-refractivity contribution in [3.63, 3.8) is 0 Å². The fourth-order valence-corrected chi connectivity index (χ4v) is 6.66. The van der Waals surface area contributed by atoms with Crippen LogP contribution < -0.4 is 18.9 Å². The summed E-state index contributed by atoms with van der Waals surface area (Å²) in [6.07, 6.45) is 2.63. The summed E-state index contributed by atoms with van der Waals surface area (Å²) >= 11 is 0. The third kappa shape index (κ3) is 9.50. The molecule has 7 rings (SSSR count). The van der Waals surface area contributed by atoms with Crippen molar-refractivity contribution in [2.24, 2.45) is 0 Å². The summed E-state index contributed by atoms with van der Waals surface area (Å²) in [5, 5.41) is 0. The standard InChI is InChI=1S/C44H36O6.C5H6O2/c1-2-43(45)50-38(29-46-34-13-5-3-6-14-34)30-47-36-25-21-32(22-26-36)44(41-19-11-9-17-39(41)40-18-10-12-20-42(40)44)33-23-27-37(28-24-33)49-31-48-35-15-7-4-8-16-35;1-3-5(6)7-4-2/h2-28,38H,1,29-31H2;3-4H,1-2H2. The Morgan fingerprint density at radius 2 is 0.895 bits per heavy atom. The molecule has 0 saturated carbocycles. The predicted molar refractivity (Wildman–Crippen MR) is 220 cm³/mol. The zero-order valence-corrected chi connectivity index (χ0v) is 31.3. The second-order valence-electron chi connectivity index (χ2n) is 12.6. The van der Waals surface area contributed by atoms with Gasteiger partial charge >= 0.3 is 11.9 Å². The molecular formula is C49H42O8. The van der Waals surface area contributed by atoms with Gasteiger partial charge in [-0.3, -0.25) is 0 Å². The molecule has 57 heavy (non-hydrogen) atoms. The number of ether oxygens (including phenoxy) is 6. The Morgan fingerprint density at radius 1 is 0.491 bits per heavy atom. The molecule has 0 aliphatic heterocycles. The summed E-state index contributed by atoms with van der Waals surface area (Å²) in [5.41, 5.74) is 6.40. The van der Waals surface area contributed by atoms with Gasteiger partial charge in [-0.2, -0.15) is 0 Å². The molecule has 0 saturated heterocycles. The van der Waals surface area contributed by atoms with Crippen molar-refractivity contribution in [1.29, 1.82) is 0 Å². The quantitative estimate of drug-likeness (QED) is 0.0417. The molecule has 1 atom stereocenters. The zero-order valence-electron chi connectivity index (χ0n) is 31.3. The maximum atomic E-state index is 12.1. The van der Waals surface area contributed by atoms with Gasteiger partial charge in [0.1, 0.15) is 36.2 Å². The molecule has 0 amide bonds. The summed E-state index contributed by atoms with van der Waals surface area (Å²) in [5.74, 6) is 1.78. The first kappa shape index (κ1) is 39.4. The fraction of sp³-hybridized carbons (Fsp3) is 0.102. The number of fused-ring (bicyclic) bond motifs is 3. The second kappa shape index (κ2) is 19.3. The van der Waals surface area contributed by atoms with Crippen molar-refractivity contribution < 1.29 is 38.0 Å². The molecule has 0 heterocycles. The van der Waals surface area contributed by atoms with E-state index in [4.69, 9.17) is 23.7 Å². The van der Waals surface area contributed by atoms with Gasteiger partial charge in [-0.1, -0.05) is 129 Å². The van der Waals surface area contributed by atoms with Crippen LogP contribution in [0.15, 0.2) is 196 Å². The summed E-state index contributed by atoms with van der Waals surface area (Å²) in [7, 11) is 0. The van der Waals surface area contributed by atoms with Gasteiger partial charge in [-0.05, 0) is 81.9 Å². The van der Waals surface area contributed by atoms with E-state index in [9.17, 15) is 9.59 Å². The van der Waals surface area contributed by atoms with Gasteiger partial charge in [0, 0.05) is 12.2 Å². The van der Waals surface area contributed by atoms with Crippen molar-refractivity contribution in [1.82, 2.24) is 0 Å². The number of carbonyl (C=O) groups is 2. The van der Waals surface area contributed by atoms with Crippen molar-refractivity contribution >= 4 is 11.9 Å². The van der Waals surface area contributed by atoms with Crippen LogP contribution in [-0.4, -0.2) is 38.0 Å². The Labute approximate surface area is 332 Å². The van der Waals surface area contributed by atoms with E-state index in [1.165, 1.54) is 22.3 Å². The first-order valence-corrected chi connectivity index (χ1v) is 18.2. The van der Waals surface area contributed by atoms with E-state index in [1.807, 2.05) is 84.9 Å². The highest BCUT2D eigenvalue weighted by Crippen LogP contribution is 2.56. The monoisotopic (exact) mass is 758 g/mol. The van der Waals surface area contributed by atoms with E-state index in [0.717, 1.165) is 35.3 Å². The van der Waals surface area contributed by atoms with Crippen LogP contribution in [0.1, 0.15) is 22.3 Å². The molecule has 6 aromatic rings. The van der Waals surface area contributed by atoms with Gasteiger partial charge in [0.2, 0.25) is 6.79 Å². The number of esters is 2. The van der Waals surface area contributed by atoms with Gasteiger partial charge in [0.25, 0.3) is 0 Å². The summed E-state index contributed by atoms with van der Waals surface area (Å²) in [6, 6.07) is 52.5. The van der Waals surface area contributed by atoms with Crippen LogP contribution in [0.4, 0.5) is 0 Å². The molecule has 1 aliphatic rings. The lowest BCUT2D eigenvalue weighted by atomic mass is 9.68. The molecule has 1 aliphatic carbocycles. The molecule has 0 N–H and O–H groups in total. The van der Waals surface area contributed by atoms with E-state index in [2.05, 4.69) is 97.3 Å². The summed E-state index contributed by atoms with van der Waals surface area (Å²) in [6.45, 7) is 10.2. The third-order valence-corrected chi connectivity index (χ3v) is 9.15. The molecule has 0 radical (unpaired) electrons. The maximum Gasteiger partial charge on any atom is 0.334 e. The average molecular weight is 759 g/mol. The SMILES string of the molecule is C=CC(=O)OC(COc1ccccc1)COc1ccc(C2(c3ccc(OCOc4ccccc4)cc3)c3ccccc3-c3ccccc32)cc1.C=COC(=O)C=C. The molecule has 6 aromatic carbocycles. The first-order valence-electron chi connectivity index (χ1n) is 18.2. The lowest BCUT2D eigenvalue weighted by Gasteiger charge is -2.34. The smallest absolute Gasteiger partial charge is 0.334 e. The highest BCUT2D eigenvalue weighted by atomic mass is 16.7. The van der Waals surface area contributed by atoms with Crippen LogP contribution in [0.5, 0.6) is 23.0 Å². The first-order chi connectivity index (χ1) is 28.0. The number of benzene rings is 6. The average Bonchev–Trinajstić information content (AvgIpc) is 3.57. The number of hydrogen-bond donors (Lipinski definition) is 0. The van der Waals surface area contributed by atoms with Gasteiger partial charge in [-0.25, -0.2) is 9.59 Å². The van der Waals surface area contributed by atoms with E-state index >= 15 is 0 Å². The van der Waals surface area contributed by atoms with Gasteiger partial charge in [0.15, 0.2) is 6.10 Å². The highest BCUT2D eigenvalue weighted by Gasteiger charge is 2.45. The van der Waals surface area contributed by atoms with Crippen molar-refractivity contribution in [2.45, 2.75) is 11.5 Å². The molecule has 0 spiro atoms. The number of hydrogen-bond acceptors (Lipinski definition) is 8. The van der Waals surface area contributed by atoms with E-state index in [-0.39, 0.29) is 20.0 Å². The Balaban J connectivity index is 0.000000719. The molecular weight excluding hydrogens is 717 g/mol. The van der Waals surface area contributed by atoms with Gasteiger partial charge in [0.05, 0.1) is 11.7 Å². The minimum Gasteiger partial charge on any atom is -0.490 e. The van der Waals surface area contributed by atoms with Crippen LogP contribution in [0.25, 0.3) is 11.1 Å². The topological polar surface area (TPSA) is 89.5 Å². The number of rotatable bonds is 16. The van der Waals surface area contributed by atoms with Crippen LogP contribution in [0.2, 0.25) is 0 Å². The normalized spacial score (nSPS) is 12.1. The minimum absolute atomic E-state index is 0.105. The molecule has 0 fully saturated rings. The van der Waals surface area contributed by atoms with E-state index in [0.29, 0.717) is 17.2 Å². The second-order valence-corrected chi connectivity index (χ2v) is 12.6. The van der Waals surface area contributed by atoms with Crippen molar-refractivity contribution in [2.75, 3.05) is 20.0 Å². The van der Waals surface area contributed by atoms with Crippen LogP contribution in [-0.2, 0) is 24.5 Å². The Kier molecular flexibility index (Phi) is 13.3. The van der Waals surface area contributed by atoms with Gasteiger partial charge in [-0.15, -0.1) is 0 Å². The Bertz CT molecular complexity index is 2220. The molecule has 0 aromatic heterocycles. The van der Waals surface area contributed by atoms with Crippen molar-refractivity contribution in [3.8, 4) is 34.1 Å². The Hall–Kier alpha value is -7.32. The Morgan fingerprint density at radius 3 is 1.33 bits per heavy atom. The minimum atomic E-state index is -0.640. The largest absolute Gasteiger partial charge is 0.490 e. The van der Waals surface area contributed by atoms with Gasteiger partial charge < -0.3 is 28.4 Å². The molecule has 0 bridgehead atoms. The third-order valence-electron chi connectivity index (χ3n) is 9.15. The van der Waals surface area contributed by atoms with Crippen LogP contribution >= 0.6 is 0 Å². The molecule has 8 nitrogen and oxygen atoms in total. The molecule has 286 valence electrons. The zero-order chi connectivity index (χ0) is 39.9. The number of carbonyl (C=O) groups excluding carboxylic acids is 2. The van der Waals surface area contributed by atoms with E-state index in [1.54, 1.807) is 0 Å². The van der Waals surface area contributed by atoms with Crippen molar-refractivity contribution in [3.05, 3.63) is 218 Å². The molecule has 1 unspecified atom stereocenters. The molecule has 8 heteroatoms. The summed E-state index contributed by atoms with van der Waals surface area (Å²) < 4.78 is 33.5. The number of para-hydroxylation sites is 2. The highest BCUT2D eigenvalue weighted by molar-refractivity contribution is 5.86. The lowest BCUT2D eigenvalue weighted by Crippen LogP contribution is -2.30. The van der Waals surface area contributed by atoms with E-state index < -0.39 is 23.5 Å². The predicted octanol–water partition coefficient (Wildman–Crippen LogP) is 9.88. The summed E-state index contributed by atoms with van der Waals surface area (Å²) in [4.78, 5) is 22.1.